The van der Waals surface area contributed by atoms with E-state index in [1.807, 2.05) is 6.92 Å². The van der Waals surface area contributed by atoms with Crippen molar-refractivity contribution in [1.29, 1.82) is 0 Å². The van der Waals surface area contributed by atoms with E-state index in [4.69, 9.17) is 0 Å². The Balaban J connectivity index is 1.91. The Hall–Kier alpha value is -0.920. The molecule has 20 heavy (non-hydrogen) atoms. The molecule has 1 heterocycles. The molecule has 1 fully saturated rings. The Morgan fingerprint density at radius 1 is 1.45 bits per heavy atom. The number of sulfonamides is 1. The summed E-state index contributed by atoms with van der Waals surface area (Å²) in [6.45, 7) is 7.01. The monoisotopic (exact) mass is 300 g/mol. The molecule has 0 amide bonds. The molecule has 7 heteroatoms. The number of rotatable bonds is 8. The van der Waals surface area contributed by atoms with Gasteiger partial charge in [0.15, 0.2) is 0 Å². The lowest BCUT2D eigenvalue weighted by molar-refractivity contribution is 0.166. The van der Waals surface area contributed by atoms with E-state index in [1.165, 1.54) is 12.6 Å². The third kappa shape index (κ3) is 3.80. The van der Waals surface area contributed by atoms with Crippen LogP contribution in [0.3, 0.4) is 0 Å². The van der Waals surface area contributed by atoms with Gasteiger partial charge in [-0.05, 0) is 24.8 Å². The first-order valence-electron chi connectivity index (χ1n) is 7.18. The molecule has 114 valence electrons. The fraction of sp³-hybridized carbons (Fsp3) is 0.769. The van der Waals surface area contributed by atoms with Gasteiger partial charge >= 0.3 is 0 Å². The van der Waals surface area contributed by atoms with Crippen LogP contribution in [0.4, 0.5) is 0 Å². The van der Waals surface area contributed by atoms with Crippen molar-refractivity contribution in [2.24, 2.45) is 5.41 Å². The molecule has 2 rings (SSSR count). The summed E-state index contributed by atoms with van der Waals surface area (Å²) in [5.41, 5.74) is 0.133. The number of aromatic nitrogens is 2. The third-order valence-electron chi connectivity index (χ3n) is 3.94. The lowest BCUT2D eigenvalue weighted by Crippen LogP contribution is -2.39. The van der Waals surface area contributed by atoms with Crippen molar-refractivity contribution in [2.75, 3.05) is 19.6 Å². The first kappa shape index (κ1) is 15.5. The summed E-state index contributed by atoms with van der Waals surface area (Å²) in [7, 11) is -3.43. The molecular weight excluding hydrogens is 276 g/mol. The normalized spacial score (nSPS) is 17.9. The Bertz CT molecular complexity index is 534. The summed E-state index contributed by atoms with van der Waals surface area (Å²) >= 11 is 0. The molecule has 0 aliphatic heterocycles. The van der Waals surface area contributed by atoms with E-state index < -0.39 is 10.0 Å². The minimum atomic E-state index is -3.43. The van der Waals surface area contributed by atoms with Crippen LogP contribution < -0.4 is 10.0 Å². The van der Waals surface area contributed by atoms with Crippen molar-refractivity contribution in [3.8, 4) is 0 Å². The van der Waals surface area contributed by atoms with Crippen molar-refractivity contribution in [2.45, 2.75) is 44.6 Å². The topological polar surface area (TPSA) is 76.0 Å². The predicted molar refractivity (Wildman–Crippen MR) is 77.9 cm³/mol. The zero-order valence-electron chi connectivity index (χ0n) is 12.2. The lowest BCUT2D eigenvalue weighted by Gasteiger charge is -2.38. The minimum absolute atomic E-state index is 0.133. The summed E-state index contributed by atoms with van der Waals surface area (Å²) in [6, 6.07) is 0. The van der Waals surface area contributed by atoms with Gasteiger partial charge in [-0.1, -0.05) is 20.3 Å². The molecule has 1 aliphatic carbocycles. The van der Waals surface area contributed by atoms with E-state index in [9.17, 15) is 8.42 Å². The molecule has 1 aromatic heterocycles. The van der Waals surface area contributed by atoms with Gasteiger partial charge in [-0.15, -0.1) is 0 Å². The average Bonchev–Trinajstić information content (AvgIpc) is 2.84. The van der Waals surface area contributed by atoms with Crippen molar-refractivity contribution in [1.82, 2.24) is 19.8 Å². The van der Waals surface area contributed by atoms with Gasteiger partial charge in [0.1, 0.15) is 4.90 Å². The SMILES string of the molecule is CCNCCn1cc(S(=O)(=O)NCC2(C)CCC2)cn1. The quantitative estimate of drug-likeness (QED) is 0.701. The molecule has 0 radical (unpaired) electrons. The van der Waals surface area contributed by atoms with Gasteiger partial charge in [0.25, 0.3) is 0 Å². The summed E-state index contributed by atoms with van der Waals surface area (Å²) in [6.07, 6.45) is 6.38. The van der Waals surface area contributed by atoms with Gasteiger partial charge in [0.05, 0.1) is 12.7 Å². The van der Waals surface area contributed by atoms with E-state index in [1.54, 1.807) is 10.9 Å². The summed E-state index contributed by atoms with van der Waals surface area (Å²) < 4.78 is 28.7. The highest BCUT2D eigenvalue weighted by Crippen LogP contribution is 2.39. The first-order chi connectivity index (χ1) is 9.45. The number of hydrogen-bond acceptors (Lipinski definition) is 4. The molecule has 0 bridgehead atoms. The van der Waals surface area contributed by atoms with Crippen molar-refractivity contribution in [3.63, 3.8) is 0 Å². The van der Waals surface area contributed by atoms with E-state index >= 15 is 0 Å². The molecule has 1 aliphatic rings. The molecule has 0 aromatic carbocycles. The molecule has 0 unspecified atom stereocenters. The van der Waals surface area contributed by atoms with Crippen LogP contribution in [-0.2, 0) is 16.6 Å². The van der Waals surface area contributed by atoms with Gasteiger partial charge in [-0.2, -0.15) is 5.10 Å². The van der Waals surface area contributed by atoms with Crippen LogP contribution in [0.5, 0.6) is 0 Å². The van der Waals surface area contributed by atoms with Crippen LogP contribution in [0.25, 0.3) is 0 Å². The molecule has 0 atom stereocenters. The number of likely N-dealkylation sites (N-methyl/N-ethyl adjacent to an activating group) is 1. The largest absolute Gasteiger partial charge is 0.315 e. The number of hydrogen-bond donors (Lipinski definition) is 2. The summed E-state index contributed by atoms with van der Waals surface area (Å²) in [4.78, 5) is 0.247. The zero-order chi connectivity index (χ0) is 14.6. The van der Waals surface area contributed by atoms with Crippen molar-refractivity contribution >= 4 is 10.0 Å². The zero-order valence-corrected chi connectivity index (χ0v) is 13.0. The standard InChI is InChI=1S/C13H24N4O2S/c1-3-14-7-8-17-10-12(9-15-17)20(18,19)16-11-13(2)5-4-6-13/h9-10,14,16H,3-8,11H2,1-2H3. The Labute approximate surface area is 121 Å². The maximum absolute atomic E-state index is 12.2. The second kappa shape index (κ2) is 6.24. The number of nitrogens with one attached hydrogen (secondary N) is 2. The minimum Gasteiger partial charge on any atom is -0.315 e. The maximum Gasteiger partial charge on any atom is 0.243 e. The van der Waals surface area contributed by atoms with Gasteiger partial charge in [-0.25, -0.2) is 13.1 Å². The Kier molecular flexibility index (Phi) is 4.82. The molecule has 1 aromatic rings. The summed E-state index contributed by atoms with van der Waals surface area (Å²) in [5, 5.41) is 7.27. The van der Waals surface area contributed by atoms with Crippen LogP contribution in [0.1, 0.15) is 33.1 Å². The highest BCUT2D eigenvalue weighted by Gasteiger charge is 2.33. The highest BCUT2D eigenvalue weighted by atomic mass is 32.2. The van der Waals surface area contributed by atoms with Crippen LogP contribution in [0, 0.1) is 5.41 Å². The van der Waals surface area contributed by atoms with Gasteiger partial charge in [-0.3, -0.25) is 4.68 Å². The van der Waals surface area contributed by atoms with Crippen LogP contribution >= 0.6 is 0 Å². The Morgan fingerprint density at radius 3 is 2.80 bits per heavy atom. The van der Waals surface area contributed by atoms with Gasteiger partial charge in [0.2, 0.25) is 10.0 Å². The molecule has 2 N–H and O–H groups in total. The van der Waals surface area contributed by atoms with Crippen LogP contribution in [-0.4, -0.2) is 37.8 Å². The van der Waals surface area contributed by atoms with Crippen molar-refractivity contribution in [3.05, 3.63) is 12.4 Å². The second-order valence-electron chi connectivity index (χ2n) is 5.78. The number of nitrogens with zero attached hydrogens (tertiary/aromatic N) is 2. The first-order valence-corrected chi connectivity index (χ1v) is 8.66. The fourth-order valence-corrected chi connectivity index (χ4v) is 3.44. The molecule has 0 saturated heterocycles. The maximum atomic E-state index is 12.2. The van der Waals surface area contributed by atoms with E-state index in [2.05, 4.69) is 22.1 Å². The van der Waals surface area contributed by atoms with Gasteiger partial charge < -0.3 is 5.32 Å². The molecular formula is C13H24N4O2S. The van der Waals surface area contributed by atoms with Gasteiger partial charge in [0, 0.05) is 19.3 Å². The van der Waals surface area contributed by atoms with E-state index in [-0.39, 0.29) is 10.3 Å². The predicted octanol–water partition coefficient (Wildman–Crippen LogP) is 0.961. The fourth-order valence-electron chi connectivity index (χ4n) is 2.29. The lowest BCUT2D eigenvalue weighted by atomic mass is 9.71. The second-order valence-corrected chi connectivity index (χ2v) is 7.55. The van der Waals surface area contributed by atoms with E-state index in [0.29, 0.717) is 13.1 Å². The van der Waals surface area contributed by atoms with Crippen LogP contribution in [0.2, 0.25) is 0 Å². The Morgan fingerprint density at radius 2 is 2.20 bits per heavy atom. The molecule has 1 saturated carbocycles. The van der Waals surface area contributed by atoms with Crippen LogP contribution in [0.15, 0.2) is 17.3 Å². The molecule has 6 nitrogen and oxygen atoms in total. The third-order valence-corrected chi connectivity index (χ3v) is 5.29. The smallest absolute Gasteiger partial charge is 0.243 e. The molecule has 0 spiro atoms. The van der Waals surface area contributed by atoms with Crippen molar-refractivity contribution < 1.29 is 8.42 Å². The average molecular weight is 300 g/mol. The summed E-state index contributed by atoms with van der Waals surface area (Å²) in [5.74, 6) is 0. The highest BCUT2D eigenvalue weighted by molar-refractivity contribution is 7.89. The van der Waals surface area contributed by atoms with E-state index in [0.717, 1.165) is 25.9 Å².